The Bertz CT molecular complexity index is 718. The number of nitrogens with zero attached hydrogens (tertiary/aromatic N) is 2. The van der Waals surface area contributed by atoms with Crippen molar-refractivity contribution >= 4 is 22.0 Å². The first-order chi connectivity index (χ1) is 12.3. The van der Waals surface area contributed by atoms with E-state index < -0.39 is 16.1 Å². The lowest BCUT2D eigenvalue weighted by Gasteiger charge is -2.20. The van der Waals surface area contributed by atoms with Crippen LogP contribution in [-0.4, -0.2) is 61.4 Å². The van der Waals surface area contributed by atoms with Gasteiger partial charge in [-0.15, -0.1) is 0 Å². The Morgan fingerprint density at radius 2 is 1.77 bits per heavy atom. The smallest absolute Gasteiger partial charge is 0.246 e. The van der Waals surface area contributed by atoms with Crippen LogP contribution in [-0.2, 0) is 14.8 Å². The topological polar surface area (TPSA) is 77.9 Å². The summed E-state index contributed by atoms with van der Waals surface area (Å²) in [7, 11) is -1.83. The van der Waals surface area contributed by atoms with Gasteiger partial charge in [0.2, 0.25) is 15.9 Å². The Hall–Kier alpha value is -1.70. The van der Waals surface area contributed by atoms with Gasteiger partial charge in [-0.3, -0.25) is 4.79 Å². The molecular weight excluding hydrogens is 352 g/mol. The third-order valence-electron chi connectivity index (χ3n) is 4.42. The summed E-state index contributed by atoms with van der Waals surface area (Å²) in [5, 5.41) is 9.31. The number of aliphatic hydroxyl groups excluding tert-OH is 1. The molecule has 0 aromatic heterocycles. The molecule has 0 spiro atoms. The van der Waals surface area contributed by atoms with Gasteiger partial charge in [0, 0.05) is 32.8 Å². The molecule has 1 aromatic rings. The highest BCUT2D eigenvalue weighted by molar-refractivity contribution is 7.89. The van der Waals surface area contributed by atoms with E-state index in [2.05, 4.69) is 0 Å². The van der Waals surface area contributed by atoms with Crippen LogP contribution in [0.25, 0.3) is 6.08 Å². The van der Waals surface area contributed by atoms with Crippen molar-refractivity contribution in [2.24, 2.45) is 0 Å². The van der Waals surface area contributed by atoms with E-state index in [0.29, 0.717) is 13.1 Å². The molecule has 1 aliphatic heterocycles. The van der Waals surface area contributed by atoms with Gasteiger partial charge >= 0.3 is 0 Å². The van der Waals surface area contributed by atoms with Crippen molar-refractivity contribution in [1.29, 1.82) is 0 Å². The molecule has 7 heteroatoms. The van der Waals surface area contributed by atoms with Crippen molar-refractivity contribution in [2.45, 2.75) is 43.6 Å². The van der Waals surface area contributed by atoms with Gasteiger partial charge < -0.3 is 10.0 Å². The molecule has 1 aliphatic rings. The predicted octanol–water partition coefficient (Wildman–Crippen LogP) is 2.10. The van der Waals surface area contributed by atoms with Gasteiger partial charge in [-0.25, -0.2) is 8.42 Å². The van der Waals surface area contributed by atoms with E-state index in [9.17, 15) is 18.3 Å². The number of carbonyl (C=O) groups is 1. The number of likely N-dealkylation sites (N-methyl/N-ethyl adjacent to an activating group) is 1. The zero-order chi connectivity index (χ0) is 19.2. The number of benzene rings is 1. The van der Waals surface area contributed by atoms with Crippen molar-refractivity contribution in [3.63, 3.8) is 0 Å². The lowest BCUT2D eigenvalue weighted by molar-refractivity contribution is -0.125. The lowest BCUT2D eigenvalue weighted by atomic mass is 10.2. The van der Waals surface area contributed by atoms with E-state index in [1.165, 1.54) is 11.0 Å². The van der Waals surface area contributed by atoms with Crippen molar-refractivity contribution < 1.29 is 18.3 Å². The molecule has 0 bridgehead atoms. The Kier molecular flexibility index (Phi) is 7.37. The summed E-state index contributed by atoms with van der Waals surface area (Å²) in [5.74, 6) is -0.216. The summed E-state index contributed by atoms with van der Waals surface area (Å²) in [6, 6.07) is 6.57. The van der Waals surface area contributed by atoms with Gasteiger partial charge in [0.25, 0.3) is 0 Å². The van der Waals surface area contributed by atoms with Crippen LogP contribution < -0.4 is 0 Å². The molecule has 0 aliphatic carbocycles. The molecular formula is C19H28N2O4S. The highest BCUT2D eigenvalue weighted by Crippen LogP contribution is 2.21. The maximum Gasteiger partial charge on any atom is 0.246 e. The molecule has 1 amide bonds. The van der Waals surface area contributed by atoms with Crippen molar-refractivity contribution in [2.75, 3.05) is 26.7 Å². The van der Waals surface area contributed by atoms with Gasteiger partial charge in [-0.1, -0.05) is 25.0 Å². The fourth-order valence-electron chi connectivity index (χ4n) is 2.96. The van der Waals surface area contributed by atoms with E-state index in [1.54, 1.807) is 48.6 Å². The van der Waals surface area contributed by atoms with Crippen LogP contribution in [0.15, 0.2) is 35.2 Å². The maximum absolute atomic E-state index is 12.7. The van der Waals surface area contributed by atoms with Crippen LogP contribution in [0, 0.1) is 0 Å². The van der Waals surface area contributed by atoms with Gasteiger partial charge in [0.05, 0.1) is 11.0 Å². The molecule has 6 nitrogen and oxygen atoms in total. The van der Waals surface area contributed by atoms with Crippen molar-refractivity contribution in [3.8, 4) is 0 Å². The van der Waals surface area contributed by atoms with Gasteiger partial charge in [0.15, 0.2) is 0 Å². The average molecular weight is 381 g/mol. The van der Waals surface area contributed by atoms with Crippen molar-refractivity contribution in [1.82, 2.24) is 9.21 Å². The van der Waals surface area contributed by atoms with Gasteiger partial charge in [0.1, 0.15) is 0 Å². The Labute approximate surface area is 156 Å². The number of aliphatic hydroxyl groups is 1. The normalized spacial score (nSPS) is 17.8. The number of carbonyl (C=O) groups excluding carboxylic acids is 1. The Morgan fingerprint density at radius 1 is 1.19 bits per heavy atom. The third kappa shape index (κ3) is 5.65. The van der Waals surface area contributed by atoms with Crippen LogP contribution in [0.1, 0.15) is 38.2 Å². The van der Waals surface area contributed by atoms with Crippen LogP contribution >= 0.6 is 0 Å². The van der Waals surface area contributed by atoms with Crippen LogP contribution in [0.2, 0.25) is 0 Å². The Morgan fingerprint density at radius 3 is 2.31 bits per heavy atom. The second kappa shape index (κ2) is 9.30. The molecule has 1 heterocycles. The number of amides is 1. The van der Waals surface area contributed by atoms with Crippen LogP contribution in [0.3, 0.4) is 0 Å². The van der Waals surface area contributed by atoms with E-state index >= 15 is 0 Å². The maximum atomic E-state index is 12.7. The number of hydrogen-bond acceptors (Lipinski definition) is 4. The highest BCUT2D eigenvalue weighted by Gasteiger charge is 2.24. The minimum atomic E-state index is -3.45. The van der Waals surface area contributed by atoms with Gasteiger partial charge in [-0.2, -0.15) is 4.31 Å². The molecule has 1 fully saturated rings. The molecule has 1 N–H and O–H groups in total. The summed E-state index contributed by atoms with van der Waals surface area (Å²) in [6.45, 7) is 3.04. The van der Waals surface area contributed by atoms with Crippen LogP contribution in [0.5, 0.6) is 0 Å². The minimum Gasteiger partial charge on any atom is -0.392 e. The SMILES string of the molecule is CC(O)CN(C)C(=O)/C=C/c1ccc(S(=O)(=O)N2CCCCCC2)cc1. The first-order valence-corrected chi connectivity index (χ1v) is 10.5. The Balaban J connectivity index is 2.05. The largest absolute Gasteiger partial charge is 0.392 e. The molecule has 1 aromatic carbocycles. The number of sulfonamides is 1. The quantitative estimate of drug-likeness (QED) is 0.767. The van der Waals surface area contributed by atoms with Crippen LogP contribution in [0.4, 0.5) is 0 Å². The molecule has 1 unspecified atom stereocenters. The van der Waals surface area contributed by atoms with E-state index in [1.807, 2.05) is 0 Å². The summed E-state index contributed by atoms with van der Waals surface area (Å²) in [5.41, 5.74) is 0.749. The molecule has 2 rings (SSSR count). The number of hydrogen-bond donors (Lipinski definition) is 1. The highest BCUT2D eigenvalue weighted by atomic mass is 32.2. The molecule has 0 radical (unpaired) electrons. The molecule has 1 saturated heterocycles. The molecule has 1 atom stereocenters. The fraction of sp³-hybridized carbons (Fsp3) is 0.526. The molecule has 0 saturated carbocycles. The molecule has 144 valence electrons. The van der Waals surface area contributed by atoms with E-state index in [4.69, 9.17) is 0 Å². The predicted molar refractivity (Wildman–Crippen MR) is 102 cm³/mol. The average Bonchev–Trinajstić information content (AvgIpc) is 2.89. The fourth-order valence-corrected chi connectivity index (χ4v) is 4.48. The monoisotopic (exact) mass is 380 g/mol. The third-order valence-corrected chi connectivity index (χ3v) is 6.33. The van der Waals surface area contributed by atoms with E-state index in [0.717, 1.165) is 31.2 Å². The second-order valence-corrected chi connectivity index (χ2v) is 8.73. The lowest BCUT2D eigenvalue weighted by Crippen LogP contribution is -2.31. The van der Waals surface area contributed by atoms with Crippen molar-refractivity contribution in [3.05, 3.63) is 35.9 Å². The first-order valence-electron chi connectivity index (χ1n) is 9.02. The number of rotatable bonds is 6. The summed E-state index contributed by atoms with van der Waals surface area (Å²) in [4.78, 5) is 13.7. The first kappa shape index (κ1) is 20.6. The molecule has 26 heavy (non-hydrogen) atoms. The zero-order valence-electron chi connectivity index (χ0n) is 15.5. The van der Waals surface area contributed by atoms with Gasteiger partial charge in [-0.05, 0) is 43.5 Å². The second-order valence-electron chi connectivity index (χ2n) is 6.79. The summed E-state index contributed by atoms with van der Waals surface area (Å²) < 4.78 is 27.0. The standard InChI is InChI=1S/C19H28N2O4S/c1-16(22)15-20(2)19(23)12-9-17-7-10-18(11-8-17)26(24,25)21-13-5-3-4-6-14-21/h7-12,16,22H,3-6,13-15H2,1-2H3/b12-9+. The summed E-state index contributed by atoms with van der Waals surface area (Å²) >= 11 is 0. The zero-order valence-corrected chi connectivity index (χ0v) is 16.3. The summed E-state index contributed by atoms with van der Waals surface area (Å²) in [6.07, 6.45) is 6.44. The minimum absolute atomic E-state index is 0.216. The van der Waals surface area contributed by atoms with E-state index in [-0.39, 0.29) is 17.3 Å².